The molecule has 5 rings (SSSR count). The zero-order chi connectivity index (χ0) is 25.4. The Balaban J connectivity index is 1.27. The molecule has 4 aromatic rings. The molecule has 0 aliphatic carbocycles. The number of amides is 2. The standard InChI is InChI=1S/C24H17N5O6S/c25-36(33,34)19-9-7-17(8-10-19)28-13-16(26-27-28)14-35-24(32)15-6-11-20-21(12-15)23(31)29(22(20)30)18-4-2-1-3-5-18/h1-13H,14H2,(H2,25,33,34). The molecule has 1 aliphatic rings. The van der Waals surface area contributed by atoms with Crippen molar-refractivity contribution in [3.8, 4) is 5.69 Å². The van der Waals surface area contributed by atoms with E-state index in [4.69, 9.17) is 9.88 Å². The average Bonchev–Trinajstić information content (AvgIpc) is 3.45. The van der Waals surface area contributed by atoms with Crippen molar-refractivity contribution in [2.75, 3.05) is 4.90 Å². The number of ether oxygens (including phenoxy) is 1. The molecule has 0 saturated carbocycles. The molecule has 3 aromatic carbocycles. The van der Waals surface area contributed by atoms with Crippen molar-refractivity contribution < 1.29 is 27.5 Å². The zero-order valence-electron chi connectivity index (χ0n) is 18.4. The van der Waals surface area contributed by atoms with Crippen LogP contribution in [0.1, 0.15) is 36.8 Å². The number of rotatable bonds is 6. The first kappa shape index (κ1) is 23.1. The summed E-state index contributed by atoms with van der Waals surface area (Å²) < 4.78 is 29.5. The van der Waals surface area contributed by atoms with E-state index in [-0.39, 0.29) is 28.2 Å². The molecule has 2 N–H and O–H groups in total. The van der Waals surface area contributed by atoms with Crippen LogP contribution < -0.4 is 10.0 Å². The van der Waals surface area contributed by atoms with Crippen molar-refractivity contribution in [1.82, 2.24) is 15.0 Å². The topological polar surface area (TPSA) is 155 Å². The Kier molecular flexibility index (Phi) is 5.66. The van der Waals surface area contributed by atoms with Crippen LogP contribution in [0.15, 0.2) is 83.9 Å². The molecule has 1 aliphatic heterocycles. The molecule has 0 atom stereocenters. The van der Waals surface area contributed by atoms with Crippen LogP contribution in [0.2, 0.25) is 0 Å². The monoisotopic (exact) mass is 503 g/mol. The fraction of sp³-hybridized carbons (Fsp3) is 0.0417. The predicted molar refractivity (Wildman–Crippen MR) is 126 cm³/mol. The van der Waals surface area contributed by atoms with Crippen molar-refractivity contribution in [1.29, 1.82) is 0 Å². The summed E-state index contributed by atoms with van der Waals surface area (Å²) in [5.41, 5.74) is 1.73. The second-order valence-electron chi connectivity index (χ2n) is 7.81. The van der Waals surface area contributed by atoms with Crippen LogP contribution in [-0.2, 0) is 21.4 Å². The van der Waals surface area contributed by atoms with Gasteiger partial charge in [0.2, 0.25) is 10.0 Å². The van der Waals surface area contributed by atoms with Gasteiger partial charge in [0.1, 0.15) is 12.3 Å². The fourth-order valence-corrected chi connectivity index (χ4v) is 4.20. The fourth-order valence-electron chi connectivity index (χ4n) is 3.68. The largest absolute Gasteiger partial charge is 0.455 e. The Morgan fingerprint density at radius 1 is 0.889 bits per heavy atom. The smallest absolute Gasteiger partial charge is 0.338 e. The van der Waals surface area contributed by atoms with Crippen LogP contribution in [0.4, 0.5) is 5.69 Å². The van der Waals surface area contributed by atoms with E-state index in [2.05, 4.69) is 10.3 Å². The van der Waals surface area contributed by atoms with Crippen molar-refractivity contribution in [2.24, 2.45) is 5.14 Å². The molecule has 12 heteroatoms. The summed E-state index contributed by atoms with van der Waals surface area (Å²) >= 11 is 0. The summed E-state index contributed by atoms with van der Waals surface area (Å²) in [7, 11) is -3.81. The van der Waals surface area contributed by atoms with Crippen molar-refractivity contribution in [3.63, 3.8) is 0 Å². The molecule has 1 aromatic heterocycles. The molecular weight excluding hydrogens is 486 g/mol. The zero-order valence-corrected chi connectivity index (χ0v) is 19.3. The Morgan fingerprint density at radius 2 is 1.58 bits per heavy atom. The van der Waals surface area contributed by atoms with Gasteiger partial charge in [-0.15, -0.1) is 5.10 Å². The highest BCUT2D eigenvalue weighted by molar-refractivity contribution is 7.89. The molecular formula is C24H17N5O6S. The first-order valence-electron chi connectivity index (χ1n) is 10.5. The van der Waals surface area contributed by atoms with E-state index in [1.165, 1.54) is 53.3 Å². The van der Waals surface area contributed by atoms with E-state index in [9.17, 15) is 22.8 Å². The van der Waals surface area contributed by atoms with Crippen LogP contribution in [-0.4, -0.2) is 41.2 Å². The average molecular weight is 503 g/mol. The lowest BCUT2D eigenvalue weighted by molar-refractivity contribution is 0.0467. The van der Waals surface area contributed by atoms with E-state index in [1.54, 1.807) is 30.3 Å². The van der Waals surface area contributed by atoms with Gasteiger partial charge < -0.3 is 4.74 Å². The number of nitrogens with two attached hydrogens (primary N) is 1. The van der Waals surface area contributed by atoms with Gasteiger partial charge >= 0.3 is 5.97 Å². The Morgan fingerprint density at radius 3 is 2.28 bits per heavy atom. The normalized spacial score (nSPS) is 13.1. The van der Waals surface area contributed by atoms with Crippen molar-refractivity contribution >= 4 is 33.5 Å². The molecule has 0 saturated heterocycles. The van der Waals surface area contributed by atoms with Crippen LogP contribution in [0.25, 0.3) is 5.69 Å². The van der Waals surface area contributed by atoms with Gasteiger partial charge in [0.05, 0.1) is 39.2 Å². The van der Waals surface area contributed by atoms with E-state index in [0.29, 0.717) is 17.1 Å². The van der Waals surface area contributed by atoms with Gasteiger partial charge in [-0.1, -0.05) is 23.4 Å². The number of para-hydroxylation sites is 1. The molecule has 0 unspecified atom stereocenters. The molecule has 36 heavy (non-hydrogen) atoms. The number of imide groups is 1. The number of aromatic nitrogens is 3. The molecule has 2 heterocycles. The third-order valence-corrected chi connectivity index (χ3v) is 6.39. The highest BCUT2D eigenvalue weighted by Crippen LogP contribution is 2.29. The molecule has 180 valence electrons. The van der Waals surface area contributed by atoms with Gasteiger partial charge in [-0.25, -0.2) is 27.9 Å². The van der Waals surface area contributed by atoms with Crippen LogP contribution in [0, 0.1) is 0 Å². The Labute approximate surface area is 204 Å². The number of carbonyl (C=O) groups excluding carboxylic acids is 3. The molecule has 0 bridgehead atoms. The van der Waals surface area contributed by atoms with Crippen molar-refractivity contribution in [2.45, 2.75) is 11.5 Å². The maximum absolute atomic E-state index is 12.9. The van der Waals surface area contributed by atoms with Crippen LogP contribution >= 0.6 is 0 Å². The summed E-state index contributed by atoms with van der Waals surface area (Å²) in [5, 5.41) is 13.0. The highest BCUT2D eigenvalue weighted by Gasteiger charge is 2.37. The summed E-state index contributed by atoms with van der Waals surface area (Å²) in [6, 6.07) is 18.4. The number of nitrogens with zero attached hydrogens (tertiary/aromatic N) is 4. The maximum atomic E-state index is 12.9. The minimum absolute atomic E-state index is 0.0399. The number of esters is 1. The van der Waals surface area contributed by atoms with Gasteiger partial charge in [0.25, 0.3) is 11.8 Å². The number of sulfonamides is 1. The minimum atomic E-state index is -3.81. The molecule has 11 nitrogen and oxygen atoms in total. The number of hydrogen-bond donors (Lipinski definition) is 1. The lowest BCUT2D eigenvalue weighted by atomic mass is 10.1. The number of hydrogen-bond acceptors (Lipinski definition) is 8. The first-order valence-corrected chi connectivity index (χ1v) is 12.1. The van der Waals surface area contributed by atoms with E-state index in [0.717, 1.165) is 4.90 Å². The quantitative estimate of drug-likeness (QED) is 0.310. The molecule has 0 spiro atoms. The van der Waals surface area contributed by atoms with Gasteiger partial charge in [-0.3, -0.25) is 9.59 Å². The molecule has 0 radical (unpaired) electrons. The first-order chi connectivity index (χ1) is 17.2. The summed E-state index contributed by atoms with van der Waals surface area (Å²) in [6.45, 7) is -0.200. The summed E-state index contributed by atoms with van der Waals surface area (Å²) in [4.78, 5) is 39.2. The predicted octanol–water partition coefficient (Wildman–Crippen LogP) is 2.07. The number of primary sulfonamides is 1. The number of anilines is 1. The van der Waals surface area contributed by atoms with E-state index < -0.39 is 27.8 Å². The number of carbonyl (C=O) groups is 3. The third-order valence-electron chi connectivity index (χ3n) is 5.46. The van der Waals surface area contributed by atoms with Crippen LogP contribution in [0.5, 0.6) is 0 Å². The second kappa shape index (κ2) is 8.83. The number of benzene rings is 3. The van der Waals surface area contributed by atoms with Gasteiger partial charge in [0.15, 0.2) is 0 Å². The summed E-state index contributed by atoms with van der Waals surface area (Å²) in [5.74, 6) is -1.69. The lowest BCUT2D eigenvalue weighted by Crippen LogP contribution is -2.29. The highest BCUT2D eigenvalue weighted by atomic mass is 32.2. The minimum Gasteiger partial charge on any atom is -0.455 e. The Hall–Kier alpha value is -4.68. The van der Waals surface area contributed by atoms with E-state index >= 15 is 0 Å². The number of fused-ring (bicyclic) bond motifs is 1. The third kappa shape index (κ3) is 4.26. The van der Waals surface area contributed by atoms with Crippen molar-refractivity contribution in [3.05, 3.63) is 101 Å². The van der Waals surface area contributed by atoms with Crippen LogP contribution in [0.3, 0.4) is 0 Å². The molecule has 2 amide bonds. The second-order valence-corrected chi connectivity index (χ2v) is 9.37. The lowest BCUT2D eigenvalue weighted by Gasteiger charge is -2.13. The SMILES string of the molecule is NS(=O)(=O)c1ccc(-n2cc(COC(=O)c3ccc4c(c3)C(=O)N(c3ccccc3)C4=O)nn2)cc1. The molecule has 0 fully saturated rings. The summed E-state index contributed by atoms with van der Waals surface area (Å²) in [6.07, 6.45) is 1.52. The van der Waals surface area contributed by atoms with Gasteiger partial charge in [-0.2, -0.15) is 0 Å². The van der Waals surface area contributed by atoms with E-state index in [1.807, 2.05) is 0 Å². The van der Waals surface area contributed by atoms with Gasteiger partial charge in [0, 0.05) is 0 Å². The maximum Gasteiger partial charge on any atom is 0.338 e. The van der Waals surface area contributed by atoms with Gasteiger partial charge in [-0.05, 0) is 54.6 Å². The Bertz CT molecular complexity index is 1610.